The highest BCUT2D eigenvalue weighted by atomic mass is 14.4. The van der Waals surface area contributed by atoms with Gasteiger partial charge in [-0.05, 0) is 35.5 Å². The standard InChI is InChI=1S/C19H40/c1-9-14(6)16(8)18(12-4)19(13-5)17(11-3)15(7)10-2/h14-19H,9-13H2,1-8H3. The average molecular weight is 269 g/mol. The van der Waals surface area contributed by atoms with Gasteiger partial charge in [-0.25, -0.2) is 0 Å². The van der Waals surface area contributed by atoms with Crippen molar-refractivity contribution in [3.8, 4) is 0 Å². The molecule has 0 nitrogen and oxygen atoms in total. The van der Waals surface area contributed by atoms with Gasteiger partial charge in [0.2, 0.25) is 0 Å². The molecule has 0 bridgehead atoms. The number of rotatable bonds is 10. The number of hydrogen-bond acceptors (Lipinski definition) is 0. The van der Waals surface area contributed by atoms with Gasteiger partial charge in [0.05, 0.1) is 0 Å². The molecule has 0 aliphatic rings. The second kappa shape index (κ2) is 9.83. The smallest absolute Gasteiger partial charge is 0.0355 e. The van der Waals surface area contributed by atoms with E-state index in [1.165, 1.54) is 32.1 Å². The molecule has 0 saturated heterocycles. The fourth-order valence-corrected chi connectivity index (χ4v) is 4.21. The quantitative estimate of drug-likeness (QED) is 0.409. The highest BCUT2D eigenvalue weighted by Crippen LogP contribution is 2.41. The topological polar surface area (TPSA) is 0 Å². The lowest BCUT2D eigenvalue weighted by atomic mass is 9.65. The molecule has 0 amide bonds. The van der Waals surface area contributed by atoms with Crippen LogP contribution in [0.1, 0.15) is 87.5 Å². The lowest BCUT2D eigenvalue weighted by Crippen LogP contribution is -2.33. The predicted molar refractivity (Wildman–Crippen MR) is 89.4 cm³/mol. The van der Waals surface area contributed by atoms with Crippen molar-refractivity contribution in [3.63, 3.8) is 0 Å². The second-order valence-corrected chi connectivity index (χ2v) is 6.85. The van der Waals surface area contributed by atoms with Crippen molar-refractivity contribution in [2.45, 2.75) is 87.5 Å². The third-order valence-electron chi connectivity index (χ3n) is 6.11. The fourth-order valence-electron chi connectivity index (χ4n) is 4.21. The van der Waals surface area contributed by atoms with Crippen molar-refractivity contribution in [2.75, 3.05) is 0 Å². The zero-order valence-electron chi connectivity index (χ0n) is 15.0. The first-order valence-electron chi connectivity index (χ1n) is 8.98. The van der Waals surface area contributed by atoms with Gasteiger partial charge in [0.1, 0.15) is 0 Å². The summed E-state index contributed by atoms with van der Waals surface area (Å²) in [6.07, 6.45) is 6.74. The van der Waals surface area contributed by atoms with Crippen molar-refractivity contribution >= 4 is 0 Å². The first-order valence-corrected chi connectivity index (χ1v) is 8.98. The van der Waals surface area contributed by atoms with Crippen LogP contribution in [0.3, 0.4) is 0 Å². The van der Waals surface area contributed by atoms with Gasteiger partial charge in [-0.1, -0.05) is 87.5 Å². The maximum Gasteiger partial charge on any atom is -0.0355 e. The molecule has 0 heterocycles. The van der Waals surface area contributed by atoms with Crippen LogP contribution in [-0.2, 0) is 0 Å². The Bertz CT molecular complexity index is 208. The van der Waals surface area contributed by atoms with Crippen LogP contribution >= 0.6 is 0 Å². The van der Waals surface area contributed by atoms with Crippen LogP contribution in [0.5, 0.6) is 0 Å². The summed E-state index contributed by atoms with van der Waals surface area (Å²) in [7, 11) is 0. The first-order chi connectivity index (χ1) is 8.98. The number of hydrogen-bond donors (Lipinski definition) is 0. The molecule has 0 heteroatoms. The van der Waals surface area contributed by atoms with E-state index in [0.29, 0.717) is 0 Å². The molecular weight excluding hydrogens is 228 g/mol. The summed E-state index contributed by atoms with van der Waals surface area (Å²) in [5, 5.41) is 0. The van der Waals surface area contributed by atoms with Gasteiger partial charge in [-0.2, -0.15) is 0 Å². The zero-order chi connectivity index (χ0) is 15.0. The Morgan fingerprint density at radius 3 is 1.21 bits per heavy atom. The molecule has 0 radical (unpaired) electrons. The largest absolute Gasteiger partial charge is 0.0651 e. The normalized spacial score (nSPS) is 21.5. The maximum atomic E-state index is 2.51. The fraction of sp³-hybridized carbons (Fsp3) is 1.00. The van der Waals surface area contributed by atoms with Crippen LogP contribution < -0.4 is 0 Å². The highest BCUT2D eigenvalue weighted by Gasteiger charge is 2.33. The molecule has 0 aliphatic heterocycles. The molecule has 6 atom stereocenters. The molecule has 0 saturated carbocycles. The molecule has 0 spiro atoms. The molecule has 19 heavy (non-hydrogen) atoms. The van der Waals surface area contributed by atoms with Crippen molar-refractivity contribution in [1.29, 1.82) is 0 Å². The van der Waals surface area contributed by atoms with Gasteiger partial charge in [0.25, 0.3) is 0 Å². The lowest BCUT2D eigenvalue weighted by molar-refractivity contribution is 0.0904. The zero-order valence-corrected chi connectivity index (χ0v) is 15.0. The lowest BCUT2D eigenvalue weighted by Gasteiger charge is -2.40. The van der Waals surface area contributed by atoms with Gasteiger partial charge in [-0.3, -0.25) is 0 Å². The molecular formula is C19H40. The summed E-state index contributed by atoms with van der Waals surface area (Å²) >= 11 is 0. The molecule has 0 aromatic heterocycles. The van der Waals surface area contributed by atoms with Gasteiger partial charge in [0, 0.05) is 0 Å². The van der Waals surface area contributed by atoms with E-state index < -0.39 is 0 Å². The third-order valence-corrected chi connectivity index (χ3v) is 6.11. The third kappa shape index (κ3) is 5.12. The summed E-state index contributed by atoms with van der Waals surface area (Å²) < 4.78 is 0. The summed E-state index contributed by atoms with van der Waals surface area (Å²) in [5.74, 6) is 5.39. The van der Waals surface area contributed by atoms with Crippen LogP contribution in [0.4, 0.5) is 0 Å². The Morgan fingerprint density at radius 1 is 0.474 bits per heavy atom. The van der Waals surface area contributed by atoms with Crippen LogP contribution in [0.15, 0.2) is 0 Å². The highest BCUT2D eigenvalue weighted by molar-refractivity contribution is 4.82. The van der Waals surface area contributed by atoms with Crippen molar-refractivity contribution < 1.29 is 0 Å². The first kappa shape index (κ1) is 19.0. The van der Waals surface area contributed by atoms with Gasteiger partial charge in [0.15, 0.2) is 0 Å². The van der Waals surface area contributed by atoms with Gasteiger partial charge >= 0.3 is 0 Å². The Morgan fingerprint density at radius 2 is 0.895 bits per heavy atom. The Kier molecular flexibility index (Phi) is 9.83. The molecule has 0 aromatic rings. The monoisotopic (exact) mass is 268 g/mol. The van der Waals surface area contributed by atoms with E-state index in [1.807, 2.05) is 0 Å². The summed E-state index contributed by atoms with van der Waals surface area (Å²) in [6.45, 7) is 19.4. The van der Waals surface area contributed by atoms with E-state index in [-0.39, 0.29) is 0 Å². The van der Waals surface area contributed by atoms with E-state index >= 15 is 0 Å². The Labute approximate surface area is 123 Å². The van der Waals surface area contributed by atoms with Crippen molar-refractivity contribution in [1.82, 2.24) is 0 Å². The Balaban J connectivity index is 5.04. The average Bonchev–Trinajstić information content (AvgIpc) is 2.45. The van der Waals surface area contributed by atoms with Crippen molar-refractivity contribution in [2.24, 2.45) is 35.5 Å². The molecule has 0 N–H and O–H groups in total. The van der Waals surface area contributed by atoms with E-state index in [4.69, 9.17) is 0 Å². The summed E-state index contributed by atoms with van der Waals surface area (Å²) in [5.41, 5.74) is 0. The second-order valence-electron chi connectivity index (χ2n) is 6.85. The minimum Gasteiger partial charge on any atom is -0.0651 e. The van der Waals surface area contributed by atoms with Crippen LogP contribution in [-0.4, -0.2) is 0 Å². The Hall–Kier alpha value is 0. The van der Waals surface area contributed by atoms with E-state index in [2.05, 4.69) is 55.4 Å². The van der Waals surface area contributed by atoms with Gasteiger partial charge < -0.3 is 0 Å². The van der Waals surface area contributed by atoms with Crippen LogP contribution in [0.2, 0.25) is 0 Å². The SMILES string of the molecule is CCC(C)C(C)C(CC)C(CC)C(CC)C(C)CC. The maximum absolute atomic E-state index is 2.51. The summed E-state index contributed by atoms with van der Waals surface area (Å²) in [4.78, 5) is 0. The molecule has 0 aliphatic carbocycles. The predicted octanol–water partition coefficient (Wildman–Crippen LogP) is 6.79. The minimum absolute atomic E-state index is 0.869. The molecule has 116 valence electrons. The van der Waals surface area contributed by atoms with E-state index in [0.717, 1.165) is 35.5 Å². The molecule has 0 rings (SSSR count). The molecule has 6 unspecified atom stereocenters. The summed E-state index contributed by atoms with van der Waals surface area (Å²) in [6, 6.07) is 0. The van der Waals surface area contributed by atoms with Crippen LogP contribution in [0.25, 0.3) is 0 Å². The minimum atomic E-state index is 0.869. The van der Waals surface area contributed by atoms with E-state index in [1.54, 1.807) is 0 Å². The molecule has 0 fully saturated rings. The van der Waals surface area contributed by atoms with Crippen LogP contribution in [0, 0.1) is 35.5 Å². The van der Waals surface area contributed by atoms with Crippen molar-refractivity contribution in [3.05, 3.63) is 0 Å². The van der Waals surface area contributed by atoms with Gasteiger partial charge in [-0.15, -0.1) is 0 Å². The van der Waals surface area contributed by atoms with E-state index in [9.17, 15) is 0 Å². The molecule has 0 aromatic carbocycles.